The van der Waals surface area contributed by atoms with Crippen LogP contribution in [0, 0.1) is 5.41 Å². The van der Waals surface area contributed by atoms with Gasteiger partial charge in [-0.05, 0) is 31.0 Å². The van der Waals surface area contributed by atoms with Crippen molar-refractivity contribution >= 4 is 16.9 Å². The van der Waals surface area contributed by atoms with Gasteiger partial charge in [-0.25, -0.2) is 4.79 Å². The Bertz CT molecular complexity index is 755. The SMILES string of the molecule is CN(CC1(CO)CC1)C(=O)c1ccc2[nH]c(=O)n(C)c2c1. The lowest BCUT2D eigenvalue weighted by molar-refractivity contribution is 0.0733. The van der Waals surface area contributed by atoms with Gasteiger partial charge in [0.15, 0.2) is 0 Å². The third-order valence-corrected chi connectivity index (χ3v) is 4.36. The van der Waals surface area contributed by atoms with Crippen molar-refractivity contribution in [3.05, 3.63) is 34.2 Å². The fraction of sp³-hybridized carbons (Fsp3) is 0.467. The van der Waals surface area contributed by atoms with Crippen molar-refractivity contribution < 1.29 is 9.90 Å². The van der Waals surface area contributed by atoms with Crippen molar-refractivity contribution in [1.29, 1.82) is 0 Å². The molecule has 2 aromatic rings. The van der Waals surface area contributed by atoms with Crippen LogP contribution in [-0.4, -0.2) is 45.7 Å². The molecule has 0 radical (unpaired) electrons. The van der Waals surface area contributed by atoms with Crippen LogP contribution in [0.3, 0.4) is 0 Å². The van der Waals surface area contributed by atoms with E-state index in [0.29, 0.717) is 17.6 Å². The molecular formula is C15H19N3O3. The Hall–Kier alpha value is -2.08. The van der Waals surface area contributed by atoms with Gasteiger partial charge in [0.05, 0.1) is 17.6 Å². The van der Waals surface area contributed by atoms with E-state index in [1.807, 2.05) is 0 Å². The molecule has 6 heteroatoms. The van der Waals surface area contributed by atoms with Gasteiger partial charge >= 0.3 is 5.69 Å². The van der Waals surface area contributed by atoms with Gasteiger partial charge in [0.25, 0.3) is 5.91 Å². The molecule has 0 bridgehead atoms. The van der Waals surface area contributed by atoms with Crippen LogP contribution >= 0.6 is 0 Å². The number of aromatic amines is 1. The minimum Gasteiger partial charge on any atom is -0.396 e. The standard InChI is InChI=1S/C15H19N3O3/c1-17(8-15(9-19)5-6-15)13(20)10-3-4-11-12(7-10)18(2)14(21)16-11/h3-4,7,19H,5-6,8-9H2,1-2H3,(H,16,21). The molecule has 0 unspecified atom stereocenters. The van der Waals surface area contributed by atoms with E-state index in [0.717, 1.165) is 18.4 Å². The summed E-state index contributed by atoms with van der Waals surface area (Å²) in [5, 5.41) is 9.36. The zero-order chi connectivity index (χ0) is 15.2. The topological polar surface area (TPSA) is 78.3 Å². The number of aliphatic hydroxyl groups is 1. The van der Waals surface area contributed by atoms with Crippen molar-refractivity contribution in [2.75, 3.05) is 20.2 Å². The van der Waals surface area contributed by atoms with Crippen molar-refractivity contribution in [2.45, 2.75) is 12.8 Å². The molecule has 6 nitrogen and oxygen atoms in total. The highest BCUT2D eigenvalue weighted by molar-refractivity contribution is 5.97. The molecule has 0 aliphatic heterocycles. The number of amides is 1. The molecule has 1 aliphatic carbocycles. The molecule has 112 valence electrons. The summed E-state index contributed by atoms with van der Waals surface area (Å²) in [7, 11) is 3.42. The number of hydrogen-bond acceptors (Lipinski definition) is 3. The number of carbonyl (C=O) groups is 1. The number of aromatic nitrogens is 2. The second kappa shape index (κ2) is 4.73. The predicted molar refractivity (Wildman–Crippen MR) is 79.3 cm³/mol. The molecule has 0 spiro atoms. The van der Waals surface area contributed by atoms with Gasteiger partial charge < -0.3 is 15.0 Å². The smallest absolute Gasteiger partial charge is 0.326 e. The van der Waals surface area contributed by atoms with E-state index in [9.17, 15) is 14.7 Å². The first-order valence-corrected chi connectivity index (χ1v) is 7.01. The first kappa shape index (κ1) is 13.9. The molecule has 1 aliphatic rings. The van der Waals surface area contributed by atoms with Crippen LogP contribution in [0.15, 0.2) is 23.0 Å². The average Bonchev–Trinajstić information content (AvgIpc) is 3.20. The fourth-order valence-corrected chi connectivity index (χ4v) is 2.69. The lowest BCUT2D eigenvalue weighted by Crippen LogP contribution is -2.34. The summed E-state index contributed by atoms with van der Waals surface area (Å²) in [6.07, 6.45) is 1.93. The summed E-state index contributed by atoms with van der Waals surface area (Å²) < 4.78 is 1.49. The maximum Gasteiger partial charge on any atom is 0.326 e. The normalized spacial score (nSPS) is 16.1. The van der Waals surface area contributed by atoms with Crippen molar-refractivity contribution in [1.82, 2.24) is 14.5 Å². The van der Waals surface area contributed by atoms with Crippen LogP contribution in [0.1, 0.15) is 23.2 Å². The fourth-order valence-electron chi connectivity index (χ4n) is 2.69. The first-order valence-electron chi connectivity index (χ1n) is 7.01. The molecule has 0 saturated heterocycles. The van der Waals surface area contributed by atoms with Gasteiger partial charge in [0, 0.05) is 31.6 Å². The van der Waals surface area contributed by atoms with Gasteiger partial charge in [0.1, 0.15) is 0 Å². The highest BCUT2D eigenvalue weighted by atomic mass is 16.3. The van der Waals surface area contributed by atoms with E-state index in [4.69, 9.17) is 0 Å². The van der Waals surface area contributed by atoms with E-state index in [-0.39, 0.29) is 23.6 Å². The highest BCUT2D eigenvalue weighted by Crippen LogP contribution is 2.45. The summed E-state index contributed by atoms with van der Waals surface area (Å²) in [6.45, 7) is 0.683. The van der Waals surface area contributed by atoms with Gasteiger partial charge in [-0.15, -0.1) is 0 Å². The first-order chi connectivity index (χ1) is 9.96. The zero-order valence-corrected chi connectivity index (χ0v) is 12.2. The second-order valence-electron chi connectivity index (χ2n) is 6.04. The maximum absolute atomic E-state index is 12.5. The Morgan fingerprint density at radius 1 is 1.48 bits per heavy atom. The van der Waals surface area contributed by atoms with Crippen molar-refractivity contribution in [2.24, 2.45) is 12.5 Å². The predicted octanol–water partition coefficient (Wildman–Crippen LogP) is 0.711. The molecule has 1 fully saturated rings. The number of nitrogens with one attached hydrogen (secondary N) is 1. The zero-order valence-electron chi connectivity index (χ0n) is 12.2. The number of hydrogen-bond donors (Lipinski definition) is 2. The summed E-state index contributed by atoms with van der Waals surface area (Å²) in [4.78, 5) is 28.4. The summed E-state index contributed by atoms with van der Waals surface area (Å²) in [5.41, 5.74) is 1.68. The molecule has 3 rings (SSSR count). The Labute approximate surface area is 122 Å². The average molecular weight is 289 g/mol. The number of carbonyl (C=O) groups excluding carboxylic acids is 1. The van der Waals surface area contributed by atoms with E-state index in [2.05, 4.69) is 4.98 Å². The minimum absolute atomic E-state index is 0.0923. The molecule has 2 N–H and O–H groups in total. The molecule has 21 heavy (non-hydrogen) atoms. The third-order valence-electron chi connectivity index (χ3n) is 4.36. The number of rotatable bonds is 4. The second-order valence-corrected chi connectivity index (χ2v) is 6.04. The van der Waals surface area contributed by atoms with Crippen molar-refractivity contribution in [3.8, 4) is 0 Å². The third kappa shape index (κ3) is 2.35. The summed E-state index contributed by atoms with van der Waals surface area (Å²) >= 11 is 0. The number of aliphatic hydroxyl groups excluding tert-OH is 1. The number of aryl methyl sites for hydroxylation is 1. The molecule has 0 atom stereocenters. The van der Waals surface area contributed by atoms with Gasteiger partial charge in [0.2, 0.25) is 0 Å². The molecular weight excluding hydrogens is 270 g/mol. The van der Waals surface area contributed by atoms with E-state index < -0.39 is 0 Å². The Morgan fingerprint density at radius 2 is 2.19 bits per heavy atom. The van der Waals surface area contributed by atoms with Gasteiger partial charge in [-0.2, -0.15) is 0 Å². The minimum atomic E-state index is -0.194. The van der Waals surface area contributed by atoms with Crippen molar-refractivity contribution in [3.63, 3.8) is 0 Å². The quantitative estimate of drug-likeness (QED) is 0.870. The van der Waals surface area contributed by atoms with Gasteiger partial charge in [-0.3, -0.25) is 9.36 Å². The number of H-pyrrole nitrogens is 1. The largest absolute Gasteiger partial charge is 0.396 e. The van der Waals surface area contributed by atoms with Crippen LogP contribution in [0.2, 0.25) is 0 Å². The monoisotopic (exact) mass is 289 g/mol. The van der Waals surface area contributed by atoms with E-state index >= 15 is 0 Å². The molecule has 1 aromatic heterocycles. The Morgan fingerprint density at radius 3 is 2.81 bits per heavy atom. The summed E-state index contributed by atoms with van der Waals surface area (Å²) in [5.74, 6) is -0.0923. The van der Waals surface area contributed by atoms with Crippen LogP contribution < -0.4 is 5.69 Å². The lowest BCUT2D eigenvalue weighted by atomic mass is 10.1. The van der Waals surface area contributed by atoms with Crippen LogP contribution in [0.5, 0.6) is 0 Å². The number of imidazole rings is 1. The summed E-state index contributed by atoms with van der Waals surface area (Å²) in [6, 6.07) is 5.19. The maximum atomic E-state index is 12.5. The van der Waals surface area contributed by atoms with E-state index in [1.165, 1.54) is 4.57 Å². The molecule has 1 heterocycles. The molecule has 1 amide bonds. The lowest BCUT2D eigenvalue weighted by Gasteiger charge is -2.22. The number of nitrogens with zero attached hydrogens (tertiary/aromatic N) is 2. The molecule has 1 aromatic carbocycles. The van der Waals surface area contributed by atoms with Crippen LogP contribution in [0.25, 0.3) is 11.0 Å². The van der Waals surface area contributed by atoms with Crippen LogP contribution in [0.4, 0.5) is 0 Å². The Balaban J connectivity index is 1.87. The Kier molecular flexibility index (Phi) is 3.13. The van der Waals surface area contributed by atoms with E-state index in [1.54, 1.807) is 37.2 Å². The van der Waals surface area contributed by atoms with Gasteiger partial charge in [-0.1, -0.05) is 0 Å². The number of benzene rings is 1. The number of fused-ring (bicyclic) bond motifs is 1. The molecule has 1 saturated carbocycles. The van der Waals surface area contributed by atoms with Crippen LogP contribution in [-0.2, 0) is 7.05 Å². The highest BCUT2D eigenvalue weighted by Gasteiger charge is 2.43.